The smallest absolute Gasteiger partial charge is 0.293 e. The Bertz CT molecular complexity index is 832. The highest BCUT2D eigenvalue weighted by atomic mass is 16.5. The minimum Gasteiger partial charge on any atom is -0.493 e. The van der Waals surface area contributed by atoms with Crippen LogP contribution < -0.4 is 15.4 Å². The summed E-state index contributed by atoms with van der Waals surface area (Å²) in [7, 11) is 0. The van der Waals surface area contributed by atoms with Gasteiger partial charge in [-0.05, 0) is 57.1 Å². The lowest BCUT2D eigenvalue weighted by Crippen LogP contribution is -2.28. The number of hydrogen-bond donors (Lipinski definition) is 2. The fraction of sp³-hybridized carbons (Fsp3) is 0.333. The van der Waals surface area contributed by atoms with Gasteiger partial charge in [-0.3, -0.25) is 9.79 Å². The highest BCUT2D eigenvalue weighted by Crippen LogP contribution is 2.35. The zero-order chi connectivity index (χ0) is 19.8. The maximum absolute atomic E-state index is 12.4. The van der Waals surface area contributed by atoms with Gasteiger partial charge in [-0.2, -0.15) is 0 Å². The van der Waals surface area contributed by atoms with Crippen molar-refractivity contribution in [1.29, 1.82) is 0 Å². The van der Waals surface area contributed by atoms with Gasteiger partial charge >= 0.3 is 0 Å². The summed E-state index contributed by atoms with van der Waals surface area (Å²) in [6.07, 6.45) is 8.07. The number of aliphatic imine (C=N–C) groups is 1. The highest BCUT2D eigenvalue weighted by molar-refractivity contribution is 6.04. The van der Waals surface area contributed by atoms with Crippen molar-refractivity contribution in [3.05, 3.63) is 48.6 Å². The molecule has 0 radical (unpaired) electrons. The summed E-state index contributed by atoms with van der Waals surface area (Å²) in [4.78, 5) is 24.4. The molecule has 1 aromatic heterocycles. The number of carbonyl (C=O) groups excluding carboxylic acids is 1. The van der Waals surface area contributed by atoms with E-state index in [4.69, 9.17) is 4.74 Å². The van der Waals surface area contributed by atoms with Crippen LogP contribution in [0.4, 0.5) is 11.4 Å². The van der Waals surface area contributed by atoms with Gasteiger partial charge in [0.15, 0.2) is 0 Å². The summed E-state index contributed by atoms with van der Waals surface area (Å²) in [5.74, 6) is 0.992. The second-order valence-corrected chi connectivity index (χ2v) is 6.63. The summed E-state index contributed by atoms with van der Waals surface area (Å²) < 4.78 is 5.97. The first-order valence-electron chi connectivity index (χ1n) is 9.40. The van der Waals surface area contributed by atoms with E-state index in [1.165, 1.54) is 25.2 Å². The van der Waals surface area contributed by atoms with Gasteiger partial charge in [0.05, 0.1) is 18.0 Å². The Hall–Kier alpha value is -3.06. The van der Waals surface area contributed by atoms with Crippen LogP contribution in [-0.4, -0.2) is 42.3 Å². The second kappa shape index (κ2) is 9.75. The Morgan fingerprint density at radius 1 is 1.32 bits per heavy atom. The van der Waals surface area contributed by atoms with E-state index in [0.717, 1.165) is 25.1 Å². The maximum atomic E-state index is 12.4. The molecule has 1 saturated heterocycles. The quantitative estimate of drug-likeness (QED) is 0.686. The van der Waals surface area contributed by atoms with Gasteiger partial charge in [0.25, 0.3) is 5.91 Å². The molecule has 0 spiro atoms. The molecule has 7 heteroatoms. The summed E-state index contributed by atoms with van der Waals surface area (Å²) in [6.45, 7) is 10.2. The van der Waals surface area contributed by atoms with Gasteiger partial charge < -0.3 is 15.4 Å². The van der Waals surface area contributed by atoms with Crippen LogP contribution in [0, 0.1) is 5.92 Å². The van der Waals surface area contributed by atoms with E-state index in [9.17, 15) is 4.79 Å². The molecule has 28 heavy (non-hydrogen) atoms. The lowest BCUT2D eigenvalue weighted by atomic mass is 9.95. The van der Waals surface area contributed by atoms with E-state index in [-0.39, 0.29) is 5.82 Å². The average Bonchev–Trinajstić information content (AvgIpc) is 2.74. The van der Waals surface area contributed by atoms with Crippen LogP contribution in [0.2, 0.25) is 0 Å². The third kappa shape index (κ3) is 5.01. The molecule has 1 aromatic carbocycles. The van der Waals surface area contributed by atoms with Crippen molar-refractivity contribution in [3.63, 3.8) is 0 Å². The molecular weight excluding hydrogens is 354 g/mol. The first-order chi connectivity index (χ1) is 13.7. The number of benzene rings is 1. The topological polar surface area (TPSA) is 88.5 Å². The third-order valence-corrected chi connectivity index (χ3v) is 4.76. The first-order valence-corrected chi connectivity index (χ1v) is 9.40. The van der Waals surface area contributed by atoms with Crippen molar-refractivity contribution in [2.24, 2.45) is 10.9 Å². The van der Waals surface area contributed by atoms with Crippen molar-refractivity contribution in [1.82, 2.24) is 15.3 Å². The molecule has 0 saturated carbocycles. The second-order valence-electron chi connectivity index (χ2n) is 6.63. The van der Waals surface area contributed by atoms with Crippen LogP contribution >= 0.6 is 0 Å². The van der Waals surface area contributed by atoms with Crippen molar-refractivity contribution in [3.8, 4) is 5.75 Å². The van der Waals surface area contributed by atoms with E-state index >= 15 is 0 Å². The summed E-state index contributed by atoms with van der Waals surface area (Å²) in [5.41, 5.74) is 1.75. The molecule has 1 fully saturated rings. The molecule has 146 valence electrons. The number of piperidine rings is 1. The Labute approximate surface area is 165 Å². The van der Waals surface area contributed by atoms with E-state index in [2.05, 4.69) is 38.9 Å². The number of nitrogens with one attached hydrogen (secondary N) is 2. The molecule has 0 bridgehead atoms. The number of hydrogen-bond acceptors (Lipinski definition) is 6. The van der Waals surface area contributed by atoms with Crippen LogP contribution in [-0.2, 0) is 0 Å². The van der Waals surface area contributed by atoms with Crippen LogP contribution in [0.3, 0.4) is 0 Å². The van der Waals surface area contributed by atoms with E-state index in [1.807, 2.05) is 6.07 Å². The van der Waals surface area contributed by atoms with E-state index in [0.29, 0.717) is 29.6 Å². The number of carbonyl (C=O) groups is 1. The van der Waals surface area contributed by atoms with E-state index in [1.54, 1.807) is 18.2 Å². The molecule has 2 aromatic rings. The Morgan fingerprint density at radius 3 is 2.75 bits per heavy atom. The van der Waals surface area contributed by atoms with Crippen molar-refractivity contribution in [2.75, 3.05) is 25.0 Å². The molecule has 3 rings (SSSR count). The summed E-state index contributed by atoms with van der Waals surface area (Å²) in [5, 5.41) is 6.17. The monoisotopic (exact) mass is 379 g/mol. The van der Waals surface area contributed by atoms with Gasteiger partial charge in [0.1, 0.15) is 5.75 Å². The van der Waals surface area contributed by atoms with Gasteiger partial charge in [0, 0.05) is 24.0 Å². The SMILES string of the molecule is C=Cc1cc(OCCC2CCNCC2)cc(NC(=O)c2ncccn2)c1N=C. The summed E-state index contributed by atoms with van der Waals surface area (Å²) in [6, 6.07) is 5.26. The Balaban J connectivity index is 1.74. The van der Waals surface area contributed by atoms with Crippen LogP contribution in [0.15, 0.2) is 42.2 Å². The fourth-order valence-electron chi connectivity index (χ4n) is 3.25. The average molecular weight is 379 g/mol. The zero-order valence-electron chi connectivity index (χ0n) is 15.9. The molecule has 1 amide bonds. The fourth-order valence-corrected chi connectivity index (χ4v) is 3.25. The molecule has 1 aliphatic heterocycles. The molecule has 0 unspecified atom stereocenters. The molecule has 7 nitrogen and oxygen atoms in total. The zero-order valence-corrected chi connectivity index (χ0v) is 15.9. The summed E-state index contributed by atoms with van der Waals surface area (Å²) >= 11 is 0. The Kier molecular flexibility index (Phi) is 6.86. The van der Waals surface area contributed by atoms with Gasteiger partial charge in [-0.25, -0.2) is 9.97 Å². The lowest BCUT2D eigenvalue weighted by molar-refractivity contribution is 0.101. The first kappa shape index (κ1) is 19.7. The molecule has 2 N–H and O–H groups in total. The van der Waals surface area contributed by atoms with Gasteiger partial charge in [0.2, 0.25) is 5.82 Å². The molecule has 0 aliphatic carbocycles. The number of anilines is 1. The number of amides is 1. The van der Waals surface area contributed by atoms with Crippen LogP contribution in [0.25, 0.3) is 6.08 Å². The molecular formula is C21H25N5O2. The minimum atomic E-state index is -0.424. The van der Waals surface area contributed by atoms with Gasteiger partial charge in [-0.15, -0.1) is 0 Å². The van der Waals surface area contributed by atoms with E-state index < -0.39 is 5.91 Å². The third-order valence-electron chi connectivity index (χ3n) is 4.76. The predicted molar refractivity (Wildman–Crippen MR) is 111 cm³/mol. The van der Waals surface area contributed by atoms with Gasteiger partial charge in [-0.1, -0.05) is 12.7 Å². The number of rotatable bonds is 8. The standard InChI is InChI=1S/C21H25N5O2/c1-3-16-13-17(28-12-7-15-5-10-23-11-6-15)14-18(19(16)22-2)26-21(27)20-24-8-4-9-25-20/h3-4,8-9,13-15,23H,1-2,5-7,10-12H2,(H,26,27). The molecule has 2 heterocycles. The molecule has 1 aliphatic rings. The predicted octanol–water partition coefficient (Wildman–Crippen LogP) is 3.47. The van der Waals surface area contributed by atoms with Crippen molar-refractivity contribution in [2.45, 2.75) is 19.3 Å². The minimum absolute atomic E-state index is 0.0786. The Morgan fingerprint density at radius 2 is 2.07 bits per heavy atom. The number of ether oxygens (including phenoxy) is 1. The maximum Gasteiger partial charge on any atom is 0.293 e. The molecule has 0 atom stereocenters. The van der Waals surface area contributed by atoms with Crippen LogP contribution in [0.1, 0.15) is 35.4 Å². The lowest BCUT2D eigenvalue weighted by Gasteiger charge is -2.22. The van der Waals surface area contributed by atoms with Crippen molar-refractivity contribution >= 4 is 30.1 Å². The largest absolute Gasteiger partial charge is 0.493 e. The number of aromatic nitrogens is 2. The van der Waals surface area contributed by atoms with Crippen molar-refractivity contribution < 1.29 is 9.53 Å². The highest BCUT2D eigenvalue weighted by Gasteiger charge is 2.16. The number of nitrogens with zero attached hydrogens (tertiary/aromatic N) is 3. The normalized spacial score (nSPS) is 14.3. The van der Waals surface area contributed by atoms with Crippen LogP contribution in [0.5, 0.6) is 5.75 Å².